The van der Waals surface area contributed by atoms with Crippen molar-refractivity contribution in [1.82, 2.24) is 0 Å². The van der Waals surface area contributed by atoms with E-state index in [1.54, 1.807) is 0 Å². The molecule has 1 aliphatic carbocycles. The van der Waals surface area contributed by atoms with E-state index in [0.29, 0.717) is 6.42 Å². The van der Waals surface area contributed by atoms with Crippen LogP contribution in [0.15, 0.2) is 24.3 Å². The second kappa shape index (κ2) is 5.87. The monoisotopic (exact) mass is 249 g/mol. The van der Waals surface area contributed by atoms with Crippen LogP contribution in [-0.2, 0) is 11.4 Å². The van der Waals surface area contributed by atoms with Crippen LogP contribution in [0.4, 0.5) is 5.69 Å². The van der Waals surface area contributed by atoms with Crippen molar-refractivity contribution in [3.8, 4) is 0 Å². The standard InChI is InChI=1S/C14H19NO3/c16-9-10-3-1-5-12(7-10)15-13-6-2-4-11(8-13)14(17)18/h1,3,5,7,11,13,15-16H,2,4,6,8-9H2,(H,17,18). The highest BCUT2D eigenvalue weighted by molar-refractivity contribution is 5.70. The highest BCUT2D eigenvalue weighted by Crippen LogP contribution is 2.27. The van der Waals surface area contributed by atoms with Crippen LogP contribution in [0.1, 0.15) is 31.2 Å². The van der Waals surface area contributed by atoms with Crippen LogP contribution >= 0.6 is 0 Å². The van der Waals surface area contributed by atoms with Crippen molar-refractivity contribution in [1.29, 1.82) is 0 Å². The van der Waals surface area contributed by atoms with Gasteiger partial charge in [0.05, 0.1) is 12.5 Å². The summed E-state index contributed by atoms with van der Waals surface area (Å²) >= 11 is 0. The van der Waals surface area contributed by atoms with Gasteiger partial charge in [-0.05, 0) is 37.0 Å². The molecule has 1 saturated carbocycles. The quantitative estimate of drug-likeness (QED) is 0.765. The van der Waals surface area contributed by atoms with E-state index in [-0.39, 0.29) is 18.6 Å². The second-order valence-corrected chi connectivity index (χ2v) is 4.90. The Morgan fingerprint density at radius 2 is 2.22 bits per heavy atom. The maximum atomic E-state index is 11.0. The minimum absolute atomic E-state index is 0.0257. The number of nitrogens with one attached hydrogen (secondary N) is 1. The summed E-state index contributed by atoms with van der Waals surface area (Å²) in [5.74, 6) is -0.914. The first kappa shape index (κ1) is 12.9. The van der Waals surface area contributed by atoms with Gasteiger partial charge in [0.25, 0.3) is 0 Å². The fourth-order valence-corrected chi connectivity index (χ4v) is 2.54. The van der Waals surface area contributed by atoms with Gasteiger partial charge in [-0.25, -0.2) is 0 Å². The summed E-state index contributed by atoms with van der Waals surface area (Å²) in [4.78, 5) is 11.0. The molecule has 98 valence electrons. The lowest BCUT2D eigenvalue weighted by atomic mass is 9.85. The van der Waals surface area contributed by atoms with Crippen molar-refractivity contribution in [2.45, 2.75) is 38.3 Å². The molecule has 1 fully saturated rings. The van der Waals surface area contributed by atoms with Crippen LogP contribution in [0, 0.1) is 5.92 Å². The van der Waals surface area contributed by atoms with Crippen LogP contribution < -0.4 is 5.32 Å². The molecule has 0 aliphatic heterocycles. The number of benzene rings is 1. The van der Waals surface area contributed by atoms with Gasteiger partial charge in [0.1, 0.15) is 0 Å². The van der Waals surface area contributed by atoms with E-state index in [9.17, 15) is 4.79 Å². The molecule has 0 spiro atoms. The fraction of sp³-hybridized carbons (Fsp3) is 0.500. The van der Waals surface area contributed by atoms with Crippen molar-refractivity contribution in [2.75, 3.05) is 5.32 Å². The predicted molar refractivity (Wildman–Crippen MR) is 69.4 cm³/mol. The number of carboxylic acid groups (broad SMARTS) is 1. The molecule has 0 aromatic heterocycles. The summed E-state index contributed by atoms with van der Waals surface area (Å²) in [5, 5.41) is 21.5. The number of aliphatic carboxylic acids is 1. The lowest BCUT2D eigenvalue weighted by Gasteiger charge is -2.28. The Bertz CT molecular complexity index is 419. The van der Waals surface area contributed by atoms with Crippen LogP contribution in [0.25, 0.3) is 0 Å². The number of anilines is 1. The minimum atomic E-state index is -0.689. The third-order valence-corrected chi connectivity index (χ3v) is 3.50. The Morgan fingerprint density at radius 1 is 1.39 bits per heavy atom. The van der Waals surface area contributed by atoms with E-state index >= 15 is 0 Å². The molecule has 18 heavy (non-hydrogen) atoms. The van der Waals surface area contributed by atoms with Gasteiger partial charge in [-0.1, -0.05) is 18.6 Å². The lowest BCUT2D eigenvalue weighted by molar-refractivity contribution is -0.142. The first-order valence-electron chi connectivity index (χ1n) is 6.38. The number of aliphatic hydroxyl groups is 1. The highest BCUT2D eigenvalue weighted by Gasteiger charge is 2.26. The zero-order valence-corrected chi connectivity index (χ0v) is 10.3. The summed E-state index contributed by atoms with van der Waals surface area (Å²) in [7, 11) is 0. The van der Waals surface area contributed by atoms with Gasteiger partial charge in [-0.2, -0.15) is 0 Å². The molecule has 2 rings (SSSR count). The van der Waals surface area contributed by atoms with Crippen LogP contribution in [0.2, 0.25) is 0 Å². The fourth-order valence-electron chi connectivity index (χ4n) is 2.54. The van der Waals surface area contributed by atoms with Gasteiger partial charge in [-0.15, -0.1) is 0 Å². The molecule has 0 heterocycles. The number of aliphatic hydroxyl groups excluding tert-OH is 1. The van der Waals surface area contributed by atoms with Crippen molar-refractivity contribution in [3.05, 3.63) is 29.8 Å². The van der Waals surface area contributed by atoms with Crippen molar-refractivity contribution in [2.24, 2.45) is 5.92 Å². The number of rotatable bonds is 4. The molecule has 0 radical (unpaired) electrons. The van der Waals surface area contributed by atoms with Gasteiger partial charge in [0.15, 0.2) is 0 Å². The van der Waals surface area contributed by atoms with Crippen molar-refractivity contribution < 1.29 is 15.0 Å². The number of hydrogen-bond donors (Lipinski definition) is 3. The largest absolute Gasteiger partial charge is 0.481 e. The summed E-state index contributed by atoms with van der Waals surface area (Å²) in [5.41, 5.74) is 1.82. The van der Waals surface area contributed by atoms with E-state index in [1.807, 2.05) is 24.3 Å². The molecule has 4 nitrogen and oxygen atoms in total. The second-order valence-electron chi connectivity index (χ2n) is 4.90. The van der Waals surface area contributed by atoms with Gasteiger partial charge in [0.2, 0.25) is 0 Å². The highest BCUT2D eigenvalue weighted by atomic mass is 16.4. The van der Waals surface area contributed by atoms with E-state index in [2.05, 4.69) is 5.32 Å². The molecule has 0 bridgehead atoms. The van der Waals surface area contributed by atoms with E-state index < -0.39 is 5.97 Å². The molecule has 0 saturated heterocycles. The molecule has 1 aromatic rings. The Hall–Kier alpha value is -1.55. The molecule has 1 aromatic carbocycles. The van der Waals surface area contributed by atoms with Crippen molar-refractivity contribution in [3.63, 3.8) is 0 Å². The minimum Gasteiger partial charge on any atom is -0.481 e. The summed E-state index contributed by atoms with van der Waals surface area (Å²) in [6, 6.07) is 7.83. The summed E-state index contributed by atoms with van der Waals surface area (Å²) in [6.45, 7) is 0.0257. The Kier molecular flexibility index (Phi) is 4.20. The maximum Gasteiger partial charge on any atom is 0.306 e. The number of carbonyl (C=O) groups is 1. The van der Waals surface area contributed by atoms with Crippen molar-refractivity contribution >= 4 is 11.7 Å². The lowest BCUT2D eigenvalue weighted by Crippen LogP contribution is -2.30. The molecule has 1 aliphatic rings. The first-order chi connectivity index (χ1) is 8.69. The van der Waals surface area contributed by atoms with Crippen LogP contribution in [0.3, 0.4) is 0 Å². The Morgan fingerprint density at radius 3 is 2.94 bits per heavy atom. The van der Waals surface area contributed by atoms with Crippen LogP contribution in [0.5, 0.6) is 0 Å². The van der Waals surface area contributed by atoms with E-state index in [4.69, 9.17) is 10.2 Å². The predicted octanol–water partition coefficient (Wildman–Crippen LogP) is 2.23. The van der Waals surface area contributed by atoms with Gasteiger partial charge in [-0.3, -0.25) is 4.79 Å². The van der Waals surface area contributed by atoms with Gasteiger partial charge in [0, 0.05) is 11.7 Å². The zero-order valence-electron chi connectivity index (χ0n) is 10.3. The number of hydrogen-bond acceptors (Lipinski definition) is 3. The molecular weight excluding hydrogens is 230 g/mol. The summed E-state index contributed by atoms with van der Waals surface area (Å²) in [6.07, 6.45) is 3.42. The van der Waals surface area contributed by atoms with E-state index in [1.165, 1.54) is 0 Å². The molecule has 4 heteroatoms. The molecule has 2 atom stereocenters. The summed E-state index contributed by atoms with van der Waals surface area (Å²) < 4.78 is 0. The smallest absolute Gasteiger partial charge is 0.306 e. The number of carboxylic acids is 1. The molecule has 0 amide bonds. The Balaban J connectivity index is 1.97. The first-order valence-corrected chi connectivity index (χ1v) is 6.38. The maximum absolute atomic E-state index is 11.0. The van der Waals surface area contributed by atoms with Gasteiger partial charge < -0.3 is 15.5 Å². The normalized spacial score (nSPS) is 23.6. The van der Waals surface area contributed by atoms with Gasteiger partial charge >= 0.3 is 5.97 Å². The average molecular weight is 249 g/mol. The van der Waals surface area contributed by atoms with Crippen LogP contribution in [-0.4, -0.2) is 22.2 Å². The topological polar surface area (TPSA) is 69.6 Å². The Labute approximate surface area is 107 Å². The third-order valence-electron chi connectivity index (χ3n) is 3.50. The molecular formula is C14H19NO3. The average Bonchev–Trinajstić information content (AvgIpc) is 2.39. The third kappa shape index (κ3) is 3.23. The molecule has 3 N–H and O–H groups in total. The molecule has 2 unspecified atom stereocenters. The zero-order chi connectivity index (χ0) is 13.0. The SMILES string of the molecule is O=C(O)C1CCCC(Nc2cccc(CO)c2)C1. The van der Waals surface area contributed by atoms with E-state index in [0.717, 1.165) is 30.5 Å².